The normalized spacial score (nSPS) is 16.9. The minimum Gasteiger partial charge on any atom is -0.478 e. The zero-order valence-corrected chi connectivity index (χ0v) is 9.00. The number of hydrogen-bond donors (Lipinski definition) is 1. The number of rotatable bonds is 3. The molecular formula is C11H12F3NO2. The Kier molecular flexibility index (Phi) is 2.89. The molecular weight excluding hydrogens is 235 g/mol. The number of alkyl halides is 3. The molecule has 0 saturated heterocycles. The van der Waals surface area contributed by atoms with E-state index in [0.29, 0.717) is 12.5 Å². The van der Waals surface area contributed by atoms with Gasteiger partial charge in [-0.3, -0.25) is 0 Å². The van der Waals surface area contributed by atoms with Gasteiger partial charge < -0.3 is 9.67 Å². The summed E-state index contributed by atoms with van der Waals surface area (Å²) in [6.07, 6.45) is 0.456. The molecule has 2 rings (SSSR count). The van der Waals surface area contributed by atoms with Crippen LogP contribution in [0.5, 0.6) is 0 Å². The number of carboxylic acid groups (broad SMARTS) is 1. The van der Waals surface area contributed by atoms with E-state index in [4.69, 9.17) is 5.11 Å². The molecule has 6 heteroatoms. The Morgan fingerprint density at radius 1 is 1.41 bits per heavy atom. The summed E-state index contributed by atoms with van der Waals surface area (Å²) in [5.41, 5.74) is -1.74. The molecule has 1 aliphatic carbocycles. The van der Waals surface area contributed by atoms with Gasteiger partial charge in [0.25, 0.3) is 0 Å². The predicted octanol–water partition coefficient (Wildman–Crippen LogP) is 3.01. The number of aromatic carboxylic acids is 1. The van der Waals surface area contributed by atoms with Crippen LogP contribution in [-0.4, -0.2) is 15.6 Å². The Hall–Kier alpha value is -1.46. The molecule has 0 atom stereocenters. The molecule has 1 aromatic rings. The van der Waals surface area contributed by atoms with Crippen molar-refractivity contribution >= 4 is 5.97 Å². The van der Waals surface area contributed by atoms with Crippen molar-refractivity contribution in [1.29, 1.82) is 0 Å². The third-order valence-corrected chi connectivity index (χ3v) is 3.11. The van der Waals surface area contributed by atoms with Gasteiger partial charge in [-0.05, 0) is 18.8 Å². The van der Waals surface area contributed by atoms with Crippen LogP contribution in [0, 0.1) is 5.92 Å². The first-order chi connectivity index (χ1) is 7.88. The Morgan fingerprint density at radius 2 is 2.06 bits per heavy atom. The van der Waals surface area contributed by atoms with Crippen molar-refractivity contribution < 1.29 is 23.1 Å². The Balaban J connectivity index is 2.26. The van der Waals surface area contributed by atoms with Crippen molar-refractivity contribution in [2.45, 2.75) is 32.0 Å². The predicted molar refractivity (Wildman–Crippen MR) is 53.7 cm³/mol. The van der Waals surface area contributed by atoms with Gasteiger partial charge in [0.2, 0.25) is 0 Å². The van der Waals surface area contributed by atoms with Gasteiger partial charge in [-0.1, -0.05) is 6.42 Å². The van der Waals surface area contributed by atoms with Crippen LogP contribution in [0.2, 0.25) is 0 Å². The van der Waals surface area contributed by atoms with Crippen LogP contribution in [0.15, 0.2) is 12.4 Å². The van der Waals surface area contributed by atoms with Crippen molar-refractivity contribution in [3.8, 4) is 0 Å². The summed E-state index contributed by atoms with van der Waals surface area (Å²) in [7, 11) is 0. The average Bonchev–Trinajstić information content (AvgIpc) is 2.54. The van der Waals surface area contributed by atoms with E-state index >= 15 is 0 Å². The van der Waals surface area contributed by atoms with Crippen LogP contribution >= 0.6 is 0 Å². The molecule has 0 amide bonds. The largest absolute Gasteiger partial charge is 0.478 e. The van der Waals surface area contributed by atoms with Crippen LogP contribution in [-0.2, 0) is 12.7 Å². The highest BCUT2D eigenvalue weighted by atomic mass is 19.4. The third-order valence-electron chi connectivity index (χ3n) is 3.11. The molecule has 1 aliphatic rings. The second kappa shape index (κ2) is 4.09. The van der Waals surface area contributed by atoms with Crippen molar-refractivity contribution in [1.82, 2.24) is 4.57 Å². The molecule has 1 heterocycles. The first kappa shape index (κ1) is 12.0. The lowest BCUT2D eigenvalue weighted by atomic mass is 9.85. The quantitative estimate of drug-likeness (QED) is 0.892. The molecule has 0 spiro atoms. The lowest BCUT2D eigenvalue weighted by Crippen LogP contribution is -2.17. The highest BCUT2D eigenvalue weighted by Gasteiger charge is 2.37. The molecule has 1 fully saturated rings. The topological polar surface area (TPSA) is 42.2 Å². The first-order valence-corrected chi connectivity index (χ1v) is 5.38. The molecule has 0 radical (unpaired) electrons. The van der Waals surface area contributed by atoms with E-state index in [-0.39, 0.29) is 0 Å². The van der Waals surface area contributed by atoms with Crippen LogP contribution in [0.3, 0.4) is 0 Å². The van der Waals surface area contributed by atoms with E-state index < -0.39 is 23.3 Å². The summed E-state index contributed by atoms with van der Waals surface area (Å²) in [6, 6.07) is 0. The summed E-state index contributed by atoms with van der Waals surface area (Å²) in [4.78, 5) is 10.7. The second-order valence-electron chi connectivity index (χ2n) is 4.38. The van der Waals surface area contributed by atoms with E-state index in [9.17, 15) is 18.0 Å². The summed E-state index contributed by atoms with van der Waals surface area (Å²) < 4.78 is 39.1. The lowest BCUT2D eigenvalue weighted by molar-refractivity contribution is -0.138. The SMILES string of the molecule is O=C(O)c1cn(CC2CCC2)cc1C(F)(F)F. The number of carbonyl (C=O) groups is 1. The monoisotopic (exact) mass is 247 g/mol. The molecule has 3 nitrogen and oxygen atoms in total. The van der Waals surface area contributed by atoms with Crippen LogP contribution in [0.4, 0.5) is 13.2 Å². The van der Waals surface area contributed by atoms with Gasteiger partial charge in [-0.25, -0.2) is 4.79 Å². The van der Waals surface area contributed by atoms with Gasteiger partial charge >= 0.3 is 12.1 Å². The van der Waals surface area contributed by atoms with E-state index in [1.165, 1.54) is 4.57 Å². The van der Waals surface area contributed by atoms with Gasteiger partial charge in [0, 0.05) is 18.9 Å². The standard InChI is InChI=1S/C11H12F3NO2/c12-11(13,14)9-6-15(4-7-2-1-3-7)5-8(9)10(16)17/h5-7H,1-4H2,(H,16,17). The molecule has 1 saturated carbocycles. The maximum atomic E-state index is 12.6. The summed E-state index contributed by atoms with van der Waals surface area (Å²) in [5.74, 6) is -1.16. The molecule has 94 valence electrons. The van der Waals surface area contributed by atoms with Crippen molar-refractivity contribution in [3.63, 3.8) is 0 Å². The molecule has 0 unspecified atom stereocenters. The summed E-state index contributed by atoms with van der Waals surface area (Å²) in [6.45, 7) is 0.469. The maximum Gasteiger partial charge on any atom is 0.418 e. The zero-order chi connectivity index (χ0) is 12.6. The van der Waals surface area contributed by atoms with Crippen molar-refractivity contribution in [3.05, 3.63) is 23.5 Å². The number of aromatic nitrogens is 1. The van der Waals surface area contributed by atoms with E-state index in [1.54, 1.807) is 0 Å². The summed E-state index contributed by atoms with van der Waals surface area (Å²) >= 11 is 0. The number of hydrogen-bond acceptors (Lipinski definition) is 1. The number of nitrogens with zero attached hydrogens (tertiary/aromatic N) is 1. The number of halogens is 3. The van der Waals surface area contributed by atoms with Crippen LogP contribution < -0.4 is 0 Å². The average molecular weight is 247 g/mol. The van der Waals surface area contributed by atoms with E-state index in [1.807, 2.05) is 0 Å². The van der Waals surface area contributed by atoms with E-state index in [2.05, 4.69) is 0 Å². The van der Waals surface area contributed by atoms with Crippen molar-refractivity contribution in [2.24, 2.45) is 5.92 Å². The smallest absolute Gasteiger partial charge is 0.418 e. The zero-order valence-electron chi connectivity index (χ0n) is 9.00. The molecule has 0 bridgehead atoms. The van der Waals surface area contributed by atoms with Crippen LogP contribution in [0.25, 0.3) is 0 Å². The minimum absolute atomic E-state index is 0.380. The number of carboxylic acids is 1. The Morgan fingerprint density at radius 3 is 2.41 bits per heavy atom. The van der Waals surface area contributed by atoms with Crippen LogP contribution in [0.1, 0.15) is 35.2 Å². The van der Waals surface area contributed by atoms with Crippen molar-refractivity contribution in [2.75, 3.05) is 0 Å². The van der Waals surface area contributed by atoms with Gasteiger partial charge in [-0.2, -0.15) is 13.2 Å². The van der Waals surface area contributed by atoms with Gasteiger partial charge in [0.1, 0.15) is 0 Å². The fourth-order valence-corrected chi connectivity index (χ4v) is 1.98. The minimum atomic E-state index is -4.61. The Labute approximate surface area is 95.9 Å². The van der Waals surface area contributed by atoms with E-state index in [0.717, 1.165) is 31.7 Å². The fraction of sp³-hybridized carbons (Fsp3) is 0.545. The van der Waals surface area contributed by atoms with Gasteiger partial charge in [0.15, 0.2) is 0 Å². The highest BCUT2D eigenvalue weighted by Crippen LogP contribution is 2.34. The maximum absolute atomic E-state index is 12.6. The summed E-state index contributed by atoms with van der Waals surface area (Å²) in [5, 5.41) is 8.73. The molecule has 0 aliphatic heterocycles. The fourth-order valence-electron chi connectivity index (χ4n) is 1.98. The lowest BCUT2D eigenvalue weighted by Gasteiger charge is -2.25. The molecule has 1 aromatic heterocycles. The van der Waals surface area contributed by atoms with Gasteiger partial charge in [-0.15, -0.1) is 0 Å². The molecule has 17 heavy (non-hydrogen) atoms. The molecule has 0 aromatic carbocycles. The highest BCUT2D eigenvalue weighted by molar-refractivity contribution is 5.89. The first-order valence-electron chi connectivity index (χ1n) is 5.38. The molecule has 1 N–H and O–H groups in total. The Bertz CT molecular complexity index is 432. The van der Waals surface area contributed by atoms with Gasteiger partial charge in [0.05, 0.1) is 11.1 Å². The second-order valence-corrected chi connectivity index (χ2v) is 4.38. The third kappa shape index (κ3) is 2.45.